The predicted molar refractivity (Wildman–Crippen MR) is 127 cm³/mol. The molecule has 1 fully saturated rings. The van der Waals surface area contributed by atoms with Crippen molar-refractivity contribution in [3.8, 4) is 11.5 Å². The van der Waals surface area contributed by atoms with Gasteiger partial charge in [0.1, 0.15) is 11.5 Å². The maximum atomic E-state index is 5.71. The zero-order chi connectivity index (χ0) is 21.9. The van der Waals surface area contributed by atoms with Gasteiger partial charge in [-0.3, -0.25) is 9.89 Å². The Balaban J connectivity index is 1.39. The van der Waals surface area contributed by atoms with Gasteiger partial charge in [-0.2, -0.15) is 0 Å². The highest BCUT2D eigenvalue weighted by Gasteiger charge is 2.19. The minimum absolute atomic E-state index is 0.668. The summed E-state index contributed by atoms with van der Waals surface area (Å²) in [6.45, 7) is 7.58. The van der Waals surface area contributed by atoms with Crippen LogP contribution in [0.5, 0.6) is 11.5 Å². The Morgan fingerprint density at radius 2 is 1.81 bits per heavy atom. The van der Waals surface area contributed by atoms with E-state index in [1.807, 2.05) is 44.3 Å². The molecule has 2 N–H and O–H groups in total. The largest absolute Gasteiger partial charge is 0.497 e. The molecule has 1 heterocycles. The molecule has 1 aliphatic heterocycles. The highest BCUT2D eigenvalue weighted by Crippen LogP contribution is 2.20. The molecule has 0 aliphatic carbocycles. The third-order valence-corrected chi connectivity index (χ3v) is 5.77. The van der Waals surface area contributed by atoms with Crippen molar-refractivity contribution in [2.24, 2.45) is 10.9 Å². The van der Waals surface area contributed by atoms with Crippen LogP contribution in [0, 0.1) is 5.92 Å². The second-order valence-corrected chi connectivity index (χ2v) is 7.92. The van der Waals surface area contributed by atoms with Crippen molar-refractivity contribution in [1.29, 1.82) is 0 Å². The average molecular weight is 425 g/mol. The van der Waals surface area contributed by atoms with E-state index < -0.39 is 0 Å². The number of para-hydroxylation sites is 1. The highest BCUT2D eigenvalue weighted by molar-refractivity contribution is 5.79. The lowest BCUT2D eigenvalue weighted by Crippen LogP contribution is -2.42. The number of piperidine rings is 1. The van der Waals surface area contributed by atoms with Crippen molar-refractivity contribution in [1.82, 2.24) is 15.5 Å². The average Bonchev–Trinajstić information content (AvgIpc) is 2.82. The van der Waals surface area contributed by atoms with Gasteiger partial charge in [-0.15, -0.1) is 0 Å². The molecule has 31 heavy (non-hydrogen) atoms. The molecular weight excluding hydrogens is 388 g/mol. The number of guanidine groups is 1. The van der Waals surface area contributed by atoms with Crippen LogP contribution < -0.4 is 20.1 Å². The summed E-state index contributed by atoms with van der Waals surface area (Å²) in [6, 6.07) is 16.5. The van der Waals surface area contributed by atoms with Crippen molar-refractivity contribution < 1.29 is 9.47 Å². The van der Waals surface area contributed by atoms with E-state index in [1.165, 1.54) is 18.4 Å². The van der Waals surface area contributed by atoms with Gasteiger partial charge in [0.2, 0.25) is 0 Å². The van der Waals surface area contributed by atoms with Crippen LogP contribution >= 0.6 is 0 Å². The molecule has 0 amide bonds. The van der Waals surface area contributed by atoms with Gasteiger partial charge in [0.25, 0.3) is 0 Å². The molecule has 3 rings (SSSR count). The number of likely N-dealkylation sites (tertiary alicyclic amines) is 1. The number of nitrogens with one attached hydrogen (secondary N) is 2. The Kier molecular flexibility index (Phi) is 9.03. The summed E-state index contributed by atoms with van der Waals surface area (Å²) in [7, 11) is 3.53. The lowest BCUT2D eigenvalue weighted by Gasteiger charge is -2.32. The van der Waals surface area contributed by atoms with Crippen molar-refractivity contribution in [2.75, 3.05) is 40.4 Å². The Bertz CT molecular complexity index is 815. The van der Waals surface area contributed by atoms with Crippen LogP contribution in [-0.4, -0.2) is 51.3 Å². The smallest absolute Gasteiger partial charge is 0.191 e. The van der Waals surface area contributed by atoms with E-state index in [0.717, 1.165) is 49.2 Å². The molecule has 1 saturated heterocycles. The summed E-state index contributed by atoms with van der Waals surface area (Å²) in [5, 5.41) is 6.92. The zero-order valence-electron chi connectivity index (χ0n) is 19.1. The minimum atomic E-state index is 0.668. The number of ether oxygens (including phenoxy) is 2. The molecule has 6 nitrogen and oxygen atoms in total. The fourth-order valence-electron chi connectivity index (χ4n) is 3.92. The second-order valence-electron chi connectivity index (χ2n) is 7.92. The first-order valence-corrected chi connectivity index (χ1v) is 11.2. The molecule has 0 atom stereocenters. The van der Waals surface area contributed by atoms with Crippen LogP contribution in [0.15, 0.2) is 53.5 Å². The van der Waals surface area contributed by atoms with Crippen molar-refractivity contribution >= 4 is 5.96 Å². The lowest BCUT2D eigenvalue weighted by atomic mass is 9.96. The third-order valence-electron chi connectivity index (χ3n) is 5.77. The maximum absolute atomic E-state index is 5.71. The Morgan fingerprint density at radius 3 is 2.48 bits per heavy atom. The molecule has 0 unspecified atom stereocenters. The zero-order valence-corrected chi connectivity index (χ0v) is 19.1. The third kappa shape index (κ3) is 7.17. The van der Waals surface area contributed by atoms with Crippen molar-refractivity contribution in [3.05, 3.63) is 59.7 Å². The van der Waals surface area contributed by atoms with Crippen LogP contribution in [-0.2, 0) is 13.1 Å². The monoisotopic (exact) mass is 424 g/mol. The summed E-state index contributed by atoms with van der Waals surface area (Å²) < 4.78 is 11.0. The van der Waals surface area contributed by atoms with Gasteiger partial charge in [0.05, 0.1) is 13.7 Å². The fraction of sp³-hybridized carbons (Fsp3) is 0.480. The molecule has 168 valence electrons. The number of nitrogens with zero attached hydrogens (tertiary/aromatic N) is 2. The highest BCUT2D eigenvalue weighted by atomic mass is 16.5. The standard InChI is InChI=1S/C25H36N4O2/c1-4-31-24-8-6-5-7-22(24)18-28-25(26-2)27-17-20-13-15-29(16-14-20)19-21-9-11-23(30-3)12-10-21/h5-12,20H,4,13-19H2,1-3H3,(H2,26,27,28). The Hall–Kier alpha value is -2.73. The normalized spacial score (nSPS) is 15.5. The van der Waals surface area contributed by atoms with Gasteiger partial charge in [-0.25, -0.2) is 0 Å². The summed E-state index contributed by atoms with van der Waals surface area (Å²) in [5.74, 6) is 3.35. The summed E-state index contributed by atoms with van der Waals surface area (Å²) in [6.07, 6.45) is 2.40. The topological polar surface area (TPSA) is 58.1 Å². The van der Waals surface area contributed by atoms with Gasteiger partial charge in [-0.1, -0.05) is 30.3 Å². The minimum Gasteiger partial charge on any atom is -0.497 e. The summed E-state index contributed by atoms with van der Waals surface area (Å²) in [4.78, 5) is 6.92. The Morgan fingerprint density at radius 1 is 1.06 bits per heavy atom. The first kappa shape index (κ1) is 22.9. The molecule has 0 bridgehead atoms. The van der Waals surface area contributed by atoms with Crippen molar-refractivity contribution in [3.63, 3.8) is 0 Å². The van der Waals surface area contributed by atoms with E-state index in [4.69, 9.17) is 9.47 Å². The van der Waals surface area contributed by atoms with Crippen LogP contribution in [0.2, 0.25) is 0 Å². The molecule has 0 radical (unpaired) electrons. The molecule has 0 saturated carbocycles. The van der Waals surface area contributed by atoms with Crippen molar-refractivity contribution in [2.45, 2.75) is 32.9 Å². The SMILES string of the molecule is CCOc1ccccc1CNC(=NC)NCC1CCN(Cc2ccc(OC)cc2)CC1. The molecule has 2 aromatic carbocycles. The molecular formula is C25H36N4O2. The lowest BCUT2D eigenvalue weighted by molar-refractivity contribution is 0.178. The van der Waals surface area contributed by atoms with E-state index in [1.54, 1.807) is 7.11 Å². The van der Waals surface area contributed by atoms with Crippen LogP contribution in [0.25, 0.3) is 0 Å². The molecule has 1 aliphatic rings. The summed E-state index contributed by atoms with van der Waals surface area (Å²) in [5.41, 5.74) is 2.48. The first-order chi connectivity index (χ1) is 15.2. The number of rotatable bonds is 9. The molecule has 6 heteroatoms. The first-order valence-electron chi connectivity index (χ1n) is 11.2. The van der Waals surface area contributed by atoms with Crippen LogP contribution in [0.4, 0.5) is 0 Å². The quantitative estimate of drug-likeness (QED) is 0.475. The Labute approximate surface area is 186 Å². The van der Waals surface area contributed by atoms with Gasteiger partial charge >= 0.3 is 0 Å². The van der Waals surface area contributed by atoms with E-state index in [0.29, 0.717) is 19.1 Å². The van der Waals surface area contributed by atoms with Gasteiger partial charge < -0.3 is 20.1 Å². The fourth-order valence-corrected chi connectivity index (χ4v) is 3.92. The van der Waals surface area contributed by atoms with Crippen LogP contribution in [0.3, 0.4) is 0 Å². The number of aliphatic imine (C=N–C) groups is 1. The summed E-state index contributed by atoms with van der Waals surface area (Å²) >= 11 is 0. The van der Waals surface area contributed by atoms with Gasteiger partial charge in [-0.05, 0) is 62.5 Å². The van der Waals surface area contributed by atoms with E-state index in [9.17, 15) is 0 Å². The van der Waals surface area contributed by atoms with Gasteiger partial charge in [0.15, 0.2) is 5.96 Å². The second kappa shape index (κ2) is 12.2. The van der Waals surface area contributed by atoms with Gasteiger partial charge in [0, 0.05) is 32.2 Å². The number of benzene rings is 2. The van der Waals surface area contributed by atoms with E-state index in [2.05, 4.69) is 38.7 Å². The number of methoxy groups -OCH3 is 1. The van der Waals surface area contributed by atoms with E-state index >= 15 is 0 Å². The molecule has 0 spiro atoms. The maximum Gasteiger partial charge on any atom is 0.191 e. The van der Waals surface area contributed by atoms with E-state index in [-0.39, 0.29) is 0 Å². The number of hydrogen-bond donors (Lipinski definition) is 2. The number of hydrogen-bond acceptors (Lipinski definition) is 4. The molecule has 2 aromatic rings. The van der Waals surface area contributed by atoms with Crippen LogP contribution in [0.1, 0.15) is 30.9 Å². The predicted octanol–water partition coefficient (Wildman–Crippen LogP) is 3.67. The molecule has 0 aromatic heterocycles.